The fourth-order valence-corrected chi connectivity index (χ4v) is 4.45. The zero-order valence-electron chi connectivity index (χ0n) is 17.6. The minimum atomic E-state index is 0.0177. The minimum Gasteiger partial charge on any atom is -0.342 e. The number of carbonyl (C=O) groups is 1. The molecule has 1 heterocycles. The van der Waals surface area contributed by atoms with E-state index in [0.29, 0.717) is 5.75 Å². The Morgan fingerprint density at radius 1 is 0.933 bits per heavy atom. The van der Waals surface area contributed by atoms with Gasteiger partial charge in [-0.2, -0.15) is 0 Å². The molecule has 0 saturated heterocycles. The first kappa shape index (κ1) is 20.3. The van der Waals surface area contributed by atoms with Gasteiger partial charge in [0.2, 0.25) is 5.91 Å². The third-order valence-electron chi connectivity index (χ3n) is 5.46. The average Bonchev–Trinajstić information content (AvgIpc) is 3.09. The maximum atomic E-state index is 12.6. The summed E-state index contributed by atoms with van der Waals surface area (Å²) in [6, 6.07) is 23.0. The van der Waals surface area contributed by atoms with Crippen molar-refractivity contribution >= 4 is 34.3 Å². The minimum absolute atomic E-state index is 0.0177. The molecule has 30 heavy (non-hydrogen) atoms. The number of nitrogens with one attached hydrogen (secondary N) is 1. The SMILES string of the molecule is Cc1ccc(Cn2cc(SCC(=O)Nc3cccc(C)c3C)c3ccccc32)cc1. The quantitative estimate of drug-likeness (QED) is 0.373. The molecule has 3 nitrogen and oxygen atoms in total. The second kappa shape index (κ2) is 8.80. The maximum Gasteiger partial charge on any atom is 0.234 e. The normalized spacial score (nSPS) is 11.0. The molecular weight excluding hydrogens is 388 g/mol. The number of carbonyl (C=O) groups excluding carboxylic acids is 1. The van der Waals surface area contributed by atoms with Crippen molar-refractivity contribution in [2.24, 2.45) is 0 Å². The maximum absolute atomic E-state index is 12.6. The highest BCUT2D eigenvalue weighted by Gasteiger charge is 2.12. The van der Waals surface area contributed by atoms with Gasteiger partial charge < -0.3 is 9.88 Å². The third kappa shape index (κ3) is 4.44. The van der Waals surface area contributed by atoms with Gasteiger partial charge >= 0.3 is 0 Å². The lowest BCUT2D eigenvalue weighted by molar-refractivity contribution is -0.113. The molecule has 152 valence electrons. The Morgan fingerprint density at radius 3 is 2.50 bits per heavy atom. The number of nitrogens with zero attached hydrogens (tertiary/aromatic N) is 1. The van der Waals surface area contributed by atoms with Gasteiger partial charge in [0.1, 0.15) is 0 Å². The lowest BCUT2D eigenvalue weighted by Gasteiger charge is -2.10. The van der Waals surface area contributed by atoms with E-state index in [0.717, 1.165) is 22.7 Å². The van der Waals surface area contributed by atoms with Gasteiger partial charge in [0, 0.05) is 34.2 Å². The summed E-state index contributed by atoms with van der Waals surface area (Å²) in [4.78, 5) is 13.7. The third-order valence-corrected chi connectivity index (χ3v) is 6.51. The van der Waals surface area contributed by atoms with Crippen LogP contribution in [0.3, 0.4) is 0 Å². The number of benzene rings is 3. The van der Waals surface area contributed by atoms with Crippen molar-refractivity contribution in [2.45, 2.75) is 32.2 Å². The molecule has 0 aliphatic carbocycles. The number of aryl methyl sites for hydroxylation is 2. The summed E-state index contributed by atoms with van der Waals surface area (Å²) >= 11 is 1.59. The number of hydrogen-bond acceptors (Lipinski definition) is 2. The van der Waals surface area contributed by atoms with Crippen LogP contribution in [0.5, 0.6) is 0 Å². The molecule has 4 rings (SSSR count). The van der Waals surface area contributed by atoms with Crippen LogP contribution < -0.4 is 5.32 Å². The lowest BCUT2D eigenvalue weighted by Crippen LogP contribution is -2.15. The first-order valence-electron chi connectivity index (χ1n) is 10.1. The van der Waals surface area contributed by atoms with E-state index in [2.05, 4.69) is 84.5 Å². The van der Waals surface area contributed by atoms with Gasteiger partial charge in [-0.25, -0.2) is 0 Å². The summed E-state index contributed by atoms with van der Waals surface area (Å²) in [5, 5.41) is 4.24. The van der Waals surface area contributed by atoms with Crippen LogP contribution in [0.2, 0.25) is 0 Å². The molecule has 0 aliphatic heterocycles. The van der Waals surface area contributed by atoms with Gasteiger partial charge in [-0.1, -0.05) is 60.2 Å². The van der Waals surface area contributed by atoms with Gasteiger partial charge in [0.05, 0.1) is 5.75 Å². The van der Waals surface area contributed by atoms with Gasteiger partial charge in [0.25, 0.3) is 0 Å². The highest BCUT2D eigenvalue weighted by atomic mass is 32.2. The Bertz CT molecular complexity index is 1190. The molecule has 0 spiro atoms. The molecule has 1 amide bonds. The number of rotatable bonds is 6. The number of aromatic nitrogens is 1. The van der Waals surface area contributed by atoms with Crippen LogP contribution in [0, 0.1) is 20.8 Å². The van der Waals surface area contributed by atoms with Crippen molar-refractivity contribution in [3.05, 3.63) is 95.2 Å². The van der Waals surface area contributed by atoms with Crippen molar-refractivity contribution in [1.29, 1.82) is 0 Å². The Kier molecular flexibility index (Phi) is 5.96. The molecule has 0 aliphatic rings. The summed E-state index contributed by atoms with van der Waals surface area (Å²) in [6.45, 7) is 7.02. The Morgan fingerprint density at radius 2 is 1.70 bits per heavy atom. The van der Waals surface area contributed by atoms with Crippen molar-refractivity contribution in [2.75, 3.05) is 11.1 Å². The van der Waals surface area contributed by atoms with Crippen molar-refractivity contribution in [3.8, 4) is 0 Å². The van der Waals surface area contributed by atoms with E-state index in [9.17, 15) is 4.79 Å². The van der Waals surface area contributed by atoms with Crippen molar-refractivity contribution < 1.29 is 4.79 Å². The Hall–Kier alpha value is -2.98. The fraction of sp³-hybridized carbons (Fsp3) is 0.192. The van der Waals surface area contributed by atoms with Crippen LogP contribution >= 0.6 is 11.8 Å². The predicted molar refractivity (Wildman–Crippen MR) is 127 cm³/mol. The second-order valence-corrected chi connectivity index (χ2v) is 8.73. The number of hydrogen-bond donors (Lipinski definition) is 1. The van der Waals surface area contributed by atoms with Crippen LogP contribution in [-0.2, 0) is 11.3 Å². The smallest absolute Gasteiger partial charge is 0.234 e. The van der Waals surface area contributed by atoms with Crippen LogP contribution in [0.25, 0.3) is 10.9 Å². The Balaban J connectivity index is 1.51. The Labute approximate surface area is 182 Å². The molecule has 4 heteroatoms. The molecule has 0 bridgehead atoms. The second-order valence-electron chi connectivity index (χ2n) is 7.71. The molecule has 1 aromatic heterocycles. The highest BCUT2D eigenvalue weighted by Crippen LogP contribution is 2.31. The molecule has 0 fully saturated rings. The molecule has 4 aromatic rings. The molecule has 0 atom stereocenters. The number of amides is 1. The summed E-state index contributed by atoms with van der Waals surface area (Å²) in [5.74, 6) is 0.399. The van der Waals surface area contributed by atoms with Crippen LogP contribution in [0.15, 0.2) is 77.8 Å². The van der Waals surface area contributed by atoms with Crippen LogP contribution in [0.1, 0.15) is 22.3 Å². The summed E-state index contributed by atoms with van der Waals surface area (Å²) in [7, 11) is 0. The first-order chi connectivity index (χ1) is 14.5. The zero-order chi connectivity index (χ0) is 21.1. The fourth-order valence-electron chi connectivity index (χ4n) is 3.57. The summed E-state index contributed by atoms with van der Waals surface area (Å²) in [6.07, 6.45) is 2.17. The number of para-hydroxylation sites is 1. The monoisotopic (exact) mass is 414 g/mol. The van der Waals surface area contributed by atoms with E-state index in [1.165, 1.54) is 27.6 Å². The number of thioether (sulfide) groups is 1. The predicted octanol–water partition coefficient (Wildman–Crippen LogP) is 6.35. The highest BCUT2D eigenvalue weighted by molar-refractivity contribution is 8.00. The van der Waals surface area contributed by atoms with Gasteiger partial charge in [-0.05, 0) is 49.6 Å². The first-order valence-corrected chi connectivity index (χ1v) is 11.1. The van der Waals surface area contributed by atoms with Gasteiger partial charge in [0.15, 0.2) is 0 Å². The van der Waals surface area contributed by atoms with E-state index in [-0.39, 0.29) is 5.91 Å². The van der Waals surface area contributed by atoms with E-state index in [4.69, 9.17) is 0 Å². The molecule has 3 aromatic carbocycles. The van der Waals surface area contributed by atoms with Crippen LogP contribution in [0.4, 0.5) is 5.69 Å². The van der Waals surface area contributed by atoms with Crippen molar-refractivity contribution in [3.63, 3.8) is 0 Å². The van der Waals surface area contributed by atoms with Crippen molar-refractivity contribution in [1.82, 2.24) is 4.57 Å². The zero-order valence-corrected chi connectivity index (χ0v) is 18.4. The van der Waals surface area contributed by atoms with Gasteiger partial charge in [-0.15, -0.1) is 11.8 Å². The lowest BCUT2D eigenvalue weighted by atomic mass is 10.1. The van der Waals surface area contributed by atoms with E-state index in [1.54, 1.807) is 11.8 Å². The molecular formula is C26H26N2OS. The van der Waals surface area contributed by atoms with E-state index >= 15 is 0 Å². The number of anilines is 1. The van der Waals surface area contributed by atoms with Gasteiger partial charge in [-0.3, -0.25) is 4.79 Å². The topological polar surface area (TPSA) is 34.0 Å². The molecule has 0 unspecified atom stereocenters. The summed E-state index contributed by atoms with van der Waals surface area (Å²) < 4.78 is 2.27. The number of fused-ring (bicyclic) bond motifs is 1. The van der Waals surface area contributed by atoms with E-state index in [1.807, 2.05) is 19.1 Å². The van der Waals surface area contributed by atoms with Crippen LogP contribution in [-0.4, -0.2) is 16.2 Å². The molecule has 1 N–H and O–H groups in total. The van der Waals surface area contributed by atoms with E-state index < -0.39 is 0 Å². The average molecular weight is 415 g/mol. The molecule has 0 saturated carbocycles. The summed E-state index contributed by atoms with van der Waals surface area (Å²) in [5.41, 5.74) is 6.91. The standard InChI is InChI=1S/C26H26N2OS/c1-18-11-13-21(14-12-18)15-28-16-25(22-8-4-5-10-24(22)28)30-17-26(29)27-23-9-6-7-19(2)20(23)3/h4-14,16H,15,17H2,1-3H3,(H,27,29). The molecule has 0 radical (unpaired) electrons. The largest absolute Gasteiger partial charge is 0.342 e.